The fraction of sp³-hybridized carbons (Fsp3) is 0.700. The van der Waals surface area contributed by atoms with Crippen molar-refractivity contribution in [2.75, 3.05) is 64.0 Å². The van der Waals surface area contributed by atoms with Crippen LogP contribution < -0.4 is 4.90 Å². The second kappa shape index (κ2) is 8.54. The molecule has 27 heavy (non-hydrogen) atoms. The average Bonchev–Trinajstić information content (AvgIpc) is 3.23. The molecule has 1 atom stereocenters. The molecule has 1 N–H and O–H groups in total. The third-order valence-electron chi connectivity index (χ3n) is 6.18. The van der Waals surface area contributed by atoms with Crippen molar-refractivity contribution < 1.29 is 14.6 Å². The number of hydrogen-bond donors (Lipinski definition) is 1. The summed E-state index contributed by atoms with van der Waals surface area (Å²) < 4.78 is 5.44. The van der Waals surface area contributed by atoms with Crippen molar-refractivity contribution in [2.45, 2.75) is 25.3 Å². The summed E-state index contributed by atoms with van der Waals surface area (Å²) in [5.74, 6) is 1.32. The number of hydrogen-bond acceptors (Lipinski definition) is 6. The van der Waals surface area contributed by atoms with Crippen molar-refractivity contribution in [3.8, 4) is 0 Å². The predicted molar refractivity (Wildman–Crippen MR) is 103 cm³/mol. The van der Waals surface area contributed by atoms with Gasteiger partial charge in [0.05, 0.1) is 18.8 Å². The molecular formula is C20H30N4O3. The zero-order chi connectivity index (χ0) is 18.6. The van der Waals surface area contributed by atoms with E-state index in [1.807, 2.05) is 17.0 Å². The number of piperidine rings is 1. The maximum atomic E-state index is 12.8. The fourth-order valence-electron chi connectivity index (χ4n) is 4.45. The second-order valence-electron chi connectivity index (χ2n) is 7.86. The smallest absolute Gasteiger partial charge is 0.255 e. The lowest BCUT2D eigenvalue weighted by molar-refractivity contribution is 0.00158. The number of aromatic nitrogens is 1. The van der Waals surface area contributed by atoms with Gasteiger partial charge in [0.25, 0.3) is 5.91 Å². The summed E-state index contributed by atoms with van der Waals surface area (Å²) in [6.45, 7) is 7.29. The van der Waals surface area contributed by atoms with Gasteiger partial charge in [0.2, 0.25) is 0 Å². The highest BCUT2D eigenvalue weighted by Gasteiger charge is 2.28. The minimum atomic E-state index is 0.0872. The number of aliphatic hydroxyl groups is 1. The van der Waals surface area contributed by atoms with Crippen LogP contribution in [0.25, 0.3) is 0 Å². The van der Waals surface area contributed by atoms with Crippen molar-refractivity contribution >= 4 is 11.7 Å². The normalized spacial score (nSPS) is 25.1. The molecule has 0 bridgehead atoms. The second-order valence-corrected chi connectivity index (χ2v) is 7.86. The summed E-state index contributed by atoms with van der Waals surface area (Å²) in [6, 6.07) is 4.41. The van der Waals surface area contributed by atoms with Crippen molar-refractivity contribution in [1.29, 1.82) is 0 Å². The van der Waals surface area contributed by atoms with E-state index in [1.165, 1.54) is 0 Å². The number of aliphatic hydroxyl groups excluding tert-OH is 1. The summed E-state index contributed by atoms with van der Waals surface area (Å²) in [7, 11) is 0. The third-order valence-corrected chi connectivity index (χ3v) is 6.18. The van der Waals surface area contributed by atoms with Crippen LogP contribution in [0, 0.1) is 5.92 Å². The van der Waals surface area contributed by atoms with E-state index in [9.17, 15) is 9.90 Å². The Morgan fingerprint density at radius 1 is 1.11 bits per heavy atom. The lowest BCUT2D eigenvalue weighted by Gasteiger charge is -2.40. The van der Waals surface area contributed by atoms with Crippen LogP contribution in [0.3, 0.4) is 0 Å². The van der Waals surface area contributed by atoms with Gasteiger partial charge in [-0.05, 0) is 31.4 Å². The van der Waals surface area contributed by atoms with E-state index in [1.54, 1.807) is 6.20 Å². The number of pyridine rings is 1. The summed E-state index contributed by atoms with van der Waals surface area (Å²) >= 11 is 0. The van der Waals surface area contributed by atoms with E-state index in [4.69, 9.17) is 4.74 Å². The molecule has 0 unspecified atom stereocenters. The largest absolute Gasteiger partial charge is 0.396 e. The van der Waals surface area contributed by atoms with Crippen LogP contribution in [-0.4, -0.2) is 90.9 Å². The average molecular weight is 374 g/mol. The molecule has 0 aliphatic carbocycles. The molecule has 0 aromatic carbocycles. The third kappa shape index (κ3) is 4.25. The van der Waals surface area contributed by atoms with Gasteiger partial charge >= 0.3 is 0 Å². The van der Waals surface area contributed by atoms with Gasteiger partial charge in [0.1, 0.15) is 5.82 Å². The first-order chi connectivity index (χ1) is 13.2. The summed E-state index contributed by atoms with van der Waals surface area (Å²) in [5.41, 5.74) is 0.668. The molecule has 1 amide bonds. The van der Waals surface area contributed by atoms with E-state index < -0.39 is 0 Å². The van der Waals surface area contributed by atoms with Crippen molar-refractivity contribution in [2.24, 2.45) is 5.92 Å². The Morgan fingerprint density at radius 3 is 2.52 bits per heavy atom. The van der Waals surface area contributed by atoms with E-state index in [0.29, 0.717) is 17.5 Å². The number of carbonyl (C=O) groups excluding carboxylic acids is 1. The van der Waals surface area contributed by atoms with Crippen molar-refractivity contribution in [1.82, 2.24) is 14.8 Å². The summed E-state index contributed by atoms with van der Waals surface area (Å²) in [4.78, 5) is 24.0. The van der Waals surface area contributed by atoms with Gasteiger partial charge in [0, 0.05) is 64.0 Å². The molecule has 3 saturated heterocycles. The first-order valence-electron chi connectivity index (χ1n) is 10.2. The molecule has 3 aliphatic rings. The molecule has 148 valence electrons. The van der Waals surface area contributed by atoms with E-state index >= 15 is 0 Å². The van der Waals surface area contributed by atoms with Crippen LogP contribution in [0.5, 0.6) is 0 Å². The van der Waals surface area contributed by atoms with E-state index in [0.717, 1.165) is 77.6 Å². The Balaban J connectivity index is 1.31. The number of likely N-dealkylation sites (tertiary alicyclic amines) is 1. The number of nitrogens with zero attached hydrogens (tertiary/aromatic N) is 4. The minimum Gasteiger partial charge on any atom is -0.396 e. The lowest BCUT2D eigenvalue weighted by Crippen LogP contribution is -2.50. The SMILES string of the molecule is O=C(c1ccc(N2CC[C@H](CO)C2)nc1)N1CCC(N2CCOCC2)CC1. The molecule has 3 aliphatic heterocycles. The Kier molecular flexibility index (Phi) is 5.90. The quantitative estimate of drug-likeness (QED) is 0.842. The van der Waals surface area contributed by atoms with Crippen LogP contribution in [0.15, 0.2) is 18.3 Å². The topological polar surface area (TPSA) is 69.1 Å². The Morgan fingerprint density at radius 2 is 1.89 bits per heavy atom. The molecule has 0 saturated carbocycles. The Labute approximate surface area is 160 Å². The highest BCUT2D eigenvalue weighted by atomic mass is 16.5. The lowest BCUT2D eigenvalue weighted by atomic mass is 10.0. The minimum absolute atomic E-state index is 0.0872. The summed E-state index contributed by atoms with van der Waals surface area (Å²) in [5, 5.41) is 9.29. The van der Waals surface area contributed by atoms with Gasteiger partial charge in [-0.25, -0.2) is 4.98 Å². The van der Waals surface area contributed by atoms with E-state index in [2.05, 4.69) is 14.8 Å². The van der Waals surface area contributed by atoms with E-state index in [-0.39, 0.29) is 12.5 Å². The number of morpholine rings is 1. The van der Waals surface area contributed by atoms with Crippen molar-refractivity contribution in [3.63, 3.8) is 0 Å². The molecule has 7 heteroatoms. The van der Waals surface area contributed by atoms with Gasteiger partial charge in [0.15, 0.2) is 0 Å². The monoisotopic (exact) mass is 374 g/mol. The van der Waals surface area contributed by atoms with Crippen molar-refractivity contribution in [3.05, 3.63) is 23.9 Å². The zero-order valence-corrected chi connectivity index (χ0v) is 15.9. The number of ether oxygens (including phenoxy) is 1. The molecule has 0 radical (unpaired) electrons. The Hall–Kier alpha value is -1.70. The fourth-order valence-corrected chi connectivity index (χ4v) is 4.45. The van der Waals surface area contributed by atoms with Crippen LogP contribution >= 0.6 is 0 Å². The molecule has 4 heterocycles. The summed E-state index contributed by atoms with van der Waals surface area (Å²) in [6.07, 6.45) is 4.77. The molecule has 7 nitrogen and oxygen atoms in total. The van der Waals surface area contributed by atoms with Gasteiger partial charge in [-0.1, -0.05) is 0 Å². The van der Waals surface area contributed by atoms with Gasteiger partial charge in [-0.3, -0.25) is 9.69 Å². The molecular weight excluding hydrogens is 344 g/mol. The van der Waals surface area contributed by atoms with Gasteiger partial charge < -0.3 is 19.6 Å². The standard InChI is InChI=1S/C20H30N4O3/c25-15-16-3-6-24(14-16)19-2-1-17(13-21-19)20(26)23-7-4-18(5-8-23)22-9-11-27-12-10-22/h1-2,13,16,18,25H,3-12,14-15H2/t16-/m0/s1. The first-order valence-corrected chi connectivity index (χ1v) is 10.2. The number of carbonyl (C=O) groups is 1. The molecule has 1 aromatic rings. The Bertz CT molecular complexity index is 625. The molecule has 0 spiro atoms. The number of amides is 1. The highest BCUT2D eigenvalue weighted by molar-refractivity contribution is 5.94. The predicted octanol–water partition coefficient (Wildman–Crippen LogP) is 0.837. The molecule has 1 aromatic heterocycles. The maximum absolute atomic E-state index is 12.8. The number of rotatable bonds is 4. The van der Waals surface area contributed by atoms with Crippen LogP contribution in [-0.2, 0) is 4.74 Å². The van der Waals surface area contributed by atoms with Crippen LogP contribution in [0.4, 0.5) is 5.82 Å². The zero-order valence-electron chi connectivity index (χ0n) is 15.9. The van der Waals surface area contributed by atoms with Crippen LogP contribution in [0.1, 0.15) is 29.6 Å². The first kappa shape index (κ1) is 18.7. The van der Waals surface area contributed by atoms with Gasteiger partial charge in [-0.15, -0.1) is 0 Å². The molecule has 3 fully saturated rings. The highest BCUT2D eigenvalue weighted by Crippen LogP contribution is 2.23. The maximum Gasteiger partial charge on any atom is 0.255 e. The number of anilines is 1. The molecule has 4 rings (SSSR count). The van der Waals surface area contributed by atoms with Gasteiger partial charge in [-0.2, -0.15) is 0 Å². The van der Waals surface area contributed by atoms with Crippen LogP contribution in [0.2, 0.25) is 0 Å².